The first kappa shape index (κ1) is 16.5. The Morgan fingerprint density at radius 3 is 2.52 bits per heavy atom. The van der Waals surface area contributed by atoms with Gasteiger partial charge in [-0.25, -0.2) is 0 Å². The molecule has 1 aliphatic heterocycles. The fourth-order valence-corrected chi connectivity index (χ4v) is 2.63. The Labute approximate surface area is 137 Å². The molecule has 0 aromatic heterocycles. The maximum atomic E-state index is 5.85. The van der Waals surface area contributed by atoms with Gasteiger partial charge in [0, 0.05) is 43.4 Å². The van der Waals surface area contributed by atoms with E-state index in [-0.39, 0.29) is 0 Å². The summed E-state index contributed by atoms with van der Waals surface area (Å²) in [6.07, 6.45) is 1.10. The lowest BCUT2D eigenvalue weighted by Gasteiger charge is -2.32. The summed E-state index contributed by atoms with van der Waals surface area (Å²) in [5, 5.41) is 7.79. The molecule has 116 valence electrons. The van der Waals surface area contributed by atoms with Crippen molar-refractivity contribution in [2.45, 2.75) is 6.42 Å². The van der Waals surface area contributed by atoms with Gasteiger partial charge in [-0.15, -0.1) is 0 Å². The van der Waals surface area contributed by atoms with Gasteiger partial charge in [0.05, 0.1) is 0 Å². The van der Waals surface area contributed by atoms with Crippen molar-refractivity contribution in [2.75, 3.05) is 51.6 Å². The number of halogens is 1. The molecule has 6 heteroatoms. The average Bonchev–Trinajstić information content (AvgIpc) is 2.48. The van der Waals surface area contributed by atoms with Crippen LogP contribution >= 0.6 is 23.8 Å². The van der Waals surface area contributed by atoms with Crippen molar-refractivity contribution in [3.05, 3.63) is 29.3 Å². The van der Waals surface area contributed by atoms with Gasteiger partial charge < -0.3 is 20.4 Å². The Hall–Kier alpha value is -0.880. The van der Waals surface area contributed by atoms with Gasteiger partial charge in [0.1, 0.15) is 0 Å². The van der Waals surface area contributed by atoms with Gasteiger partial charge in [0.15, 0.2) is 5.11 Å². The van der Waals surface area contributed by atoms with E-state index < -0.39 is 0 Å². The Bertz CT molecular complexity index is 443. The van der Waals surface area contributed by atoms with E-state index in [1.807, 2.05) is 24.3 Å². The molecule has 2 N–H and O–H groups in total. The second-order valence-corrected chi connectivity index (χ2v) is 6.23. The molecule has 0 atom stereocenters. The smallest absolute Gasteiger partial charge is 0.170 e. The van der Waals surface area contributed by atoms with Gasteiger partial charge in [0.25, 0.3) is 0 Å². The number of hydrogen-bond donors (Lipinski definition) is 2. The standard InChI is InChI=1S/C15H23ClN4S/c1-19-9-11-20(12-10-19)8-2-7-17-15(21)18-14-5-3-13(16)4-6-14/h3-6H,2,7-12H2,1H3,(H2,17,18,21). The lowest BCUT2D eigenvalue weighted by Crippen LogP contribution is -2.45. The van der Waals surface area contributed by atoms with E-state index in [0.717, 1.165) is 30.2 Å². The number of nitrogens with zero attached hydrogens (tertiary/aromatic N) is 2. The number of rotatable bonds is 5. The molecule has 1 aromatic rings. The van der Waals surface area contributed by atoms with E-state index in [9.17, 15) is 0 Å². The minimum Gasteiger partial charge on any atom is -0.362 e. The molecule has 1 aromatic carbocycles. The molecule has 0 amide bonds. The zero-order chi connectivity index (χ0) is 15.1. The summed E-state index contributed by atoms with van der Waals surface area (Å²) in [7, 11) is 2.18. The first-order valence-electron chi connectivity index (χ1n) is 7.35. The van der Waals surface area contributed by atoms with Crippen molar-refractivity contribution in [1.29, 1.82) is 0 Å². The van der Waals surface area contributed by atoms with Crippen LogP contribution in [0.15, 0.2) is 24.3 Å². The number of anilines is 1. The fraction of sp³-hybridized carbons (Fsp3) is 0.533. The third-order valence-corrected chi connectivity index (χ3v) is 4.13. The highest BCUT2D eigenvalue weighted by Crippen LogP contribution is 2.13. The summed E-state index contributed by atoms with van der Waals surface area (Å²) in [4.78, 5) is 4.89. The predicted octanol–water partition coefficient (Wildman–Crippen LogP) is 2.26. The minimum atomic E-state index is 0.663. The summed E-state index contributed by atoms with van der Waals surface area (Å²) < 4.78 is 0. The highest BCUT2D eigenvalue weighted by molar-refractivity contribution is 7.80. The Balaban J connectivity index is 1.58. The lowest BCUT2D eigenvalue weighted by atomic mass is 10.3. The monoisotopic (exact) mass is 326 g/mol. The molecule has 0 bridgehead atoms. The average molecular weight is 327 g/mol. The van der Waals surface area contributed by atoms with Crippen molar-refractivity contribution in [1.82, 2.24) is 15.1 Å². The summed E-state index contributed by atoms with van der Waals surface area (Å²) in [5.74, 6) is 0. The fourth-order valence-electron chi connectivity index (χ4n) is 2.28. The normalized spacial score (nSPS) is 16.7. The predicted molar refractivity (Wildman–Crippen MR) is 94.2 cm³/mol. The molecule has 1 fully saturated rings. The molecule has 2 rings (SSSR count). The molecular weight excluding hydrogens is 304 g/mol. The number of piperazine rings is 1. The minimum absolute atomic E-state index is 0.663. The van der Waals surface area contributed by atoms with E-state index in [1.165, 1.54) is 26.2 Å². The van der Waals surface area contributed by atoms with E-state index in [4.69, 9.17) is 23.8 Å². The largest absolute Gasteiger partial charge is 0.362 e. The van der Waals surface area contributed by atoms with Crippen molar-refractivity contribution in [3.63, 3.8) is 0 Å². The van der Waals surface area contributed by atoms with Crippen LogP contribution in [-0.2, 0) is 0 Å². The number of benzene rings is 1. The van der Waals surface area contributed by atoms with Gasteiger partial charge in [-0.2, -0.15) is 0 Å². The first-order chi connectivity index (χ1) is 10.1. The van der Waals surface area contributed by atoms with Crippen LogP contribution in [0.2, 0.25) is 5.02 Å². The number of nitrogens with one attached hydrogen (secondary N) is 2. The van der Waals surface area contributed by atoms with Crippen LogP contribution in [0.25, 0.3) is 0 Å². The zero-order valence-corrected chi connectivity index (χ0v) is 14.0. The van der Waals surface area contributed by atoms with Gasteiger partial charge in [-0.1, -0.05) is 11.6 Å². The van der Waals surface area contributed by atoms with Gasteiger partial charge in [-0.3, -0.25) is 0 Å². The molecule has 1 aliphatic rings. The molecule has 0 unspecified atom stereocenters. The van der Waals surface area contributed by atoms with Crippen molar-refractivity contribution in [3.8, 4) is 0 Å². The molecule has 0 radical (unpaired) electrons. The van der Waals surface area contributed by atoms with Crippen LogP contribution in [0.1, 0.15) is 6.42 Å². The van der Waals surface area contributed by atoms with Crippen LogP contribution < -0.4 is 10.6 Å². The quantitative estimate of drug-likeness (QED) is 0.640. The molecule has 0 aliphatic carbocycles. The van der Waals surface area contributed by atoms with Crippen molar-refractivity contribution < 1.29 is 0 Å². The second-order valence-electron chi connectivity index (χ2n) is 5.39. The van der Waals surface area contributed by atoms with E-state index in [1.54, 1.807) is 0 Å². The van der Waals surface area contributed by atoms with Crippen LogP contribution in [0.5, 0.6) is 0 Å². The summed E-state index contributed by atoms with van der Waals surface area (Å²) >= 11 is 11.1. The SMILES string of the molecule is CN1CCN(CCCNC(=S)Nc2ccc(Cl)cc2)CC1. The molecule has 0 spiro atoms. The Morgan fingerprint density at radius 2 is 1.86 bits per heavy atom. The molecular formula is C15H23ClN4S. The number of likely N-dealkylation sites (N-methyl/N-ethyl adjacent to an activating group) is 1. The summed E-state index contributed by atoms with van der Waals surface area (Å²) in [6, 6.07) is 7.53. The first-order valence-corrected chi connectivity index (χ1v) is 8.13. The van der Waals surface area contributed by atoms with E-state index in [2.05, 4.69) is 27.5 Å². The van der Waals surface area contributed by atoms with E-state index in [0.29, 0.717) is 5.11 Å². The van der Waals surface area contributed by atoms with Crippen molar-refractivity contribution >= 4 is 34.6 Å². The maximum absolute atomic E-state index is 5.85. The van der Waals surface area contributed by atoms with Crippen LogP contribution in [-0.4, -0.2) is 61.2 Å². The van der Waals surface area contributed by atoms with Gasteiger partial charge in [-0.05, 0) is 56.5 Å². The van der Waals surface area contributed by atoms with Crippen LogP contribution in [0.3, 0.4) is 0 Å². The molecule has 4 nitrogen and oxygen atoms in total. The molecule has 0 saturated carbocycles. The van der Waals surface area contributed by atoms with E-state index >= 15 is 0 Å². The van der Waals surface area contributed by atoms with Gasteiger partial charge >= 0.3 is 0 Å². The molecule has 1 saturated heterocycles. The third-order valence-electron chi connectivity index (χ3n) is 3.63. The summed E-state index contributed by atoms with van der Waals surface area (Å²) in [5.41, 5.74) is 0.955. The number of thiocarbonyl (C=S) groups is 1. The lowest BCUT2D eigenvalue weighted by molar-refractivity contribution is 0.153. The van der Waals surface area contributed by atoms with Crippen molar-refractivity contribution in [2.24, 2.45) is 0 Å². The highest BCUT2D eigenvalue weighted by Gasteiger charge is 2.12. The Kier molecular flexibility index (Phi) is 6.70. The zero-order valence-electron chi connectivity index (χ0n) is 12.4. The number of hydrogen-bond acceptors (Lipinski definition) is 3. The van der Waals surface area contributed by atoms with Gasteiger partial charge in [0.2, 0.25) is 0 Å². The summed E-state index contributed by atoms with van der Waals surface area (Å²) in [6.45, 7) is 6.71. The Morgan fingerprint density at radius 1 is 1.19 bits per heavy atom. The molecule has 1 heterocycles. The third kappa shape index (κ3) is 6.18. The molecule has 21 heavy (non-hydrogen) atoms. The van der Waals surface area contributed by atoms with Crippen LogP contribution in [0, 0.1) is 0 Å². The topological polar surface area (TPSA) is 30.5 Å². The highest BCUT2D eigenvalue weighted by atomic mass is 35.5. The second kappa shape index (κ2) is 8.54. The maximum Gasteiger partial charge on any atom is 0.170 e. The van der Waals surface area contributed by atoms with Crippen LogP contribution in [0.4, 0.5) is 5.69 Å².